The quantitative estimate of drug-likeness (QED) is 0.788. The van der Waals surface area contributed by atoms with Crippen LogP contribution >= 0.6 is 24.8 Å². The number of nitrogens with zero attached hydrogens (tertiary/aromatic N) is 1. The number of hydrogen-bond acceptors (Lipinski definition) is 3. The maximum Gasteiger partial charge on any atom is 0.220 e. The second-order valence-electron chi connectivity index (χ2n) is 7.02. The molecular formula is C19H31Cl2N3O. The molecule has 2 atom stereocenters. The van der Waals surface area contributed by atoms with Crippen LogP contribution in [0.2, 0.25) is 0 Å². The van der Waals surface area contributed by atoms with Crippen LogP contribution in [0.5, 0.6) is 0 Å². The standard InChI is InChI=1S/C19H29N3O.2ClH/c23-19(9-8-16-10-11-20-13-16)21-18-7-4-12-22(15-18)14-17-5-2-1-3-6-17;;/h1-3,5-6,16,18,20H,4,7-15H2,(H,21,23);2*1H. The van der Waals surface area contributed by atoms with Crippen molar-refractivity contribution in [2.75, 3.05) is 26.2 Å². The molecule has 0 spiro atoms. The Hall–Kier alpha value is -0.810. The van der Waals surface area contributed by atoms with Crippen LogP contribution in [-0.4, -0.2) is 43.0 Å². The smallest absolute Gasteiger partial charge is 0.220 e. The summed E-state index contributed by atoms with van der Waals surface area (Å²) < 4.78 is 0. The summed E-state index contributed by atoms with van der Waals surface area (Å²) in [5.41, 5.74) is 1.35. The van der Waals surface area contributed by atoms with E-state index in [0.717, 1.165) is 45.6 Å². The minimum absolute atomic E-state index is 0. The molecule has 2 aliphatic heterocycles. The molecule has 3 rings (SSSR count). The molecule has 2 heterocycles. The van der Waals surface area contributed by atoms with E-state index in [4.69, 9.17) is 0 Å². The molecule has 0 aliphatic carbocycles. The molecule has 2 N–H and O–H groups in total. The molecule has 0 bridgehead atoms. The van der Waals surface area contributed by atoms with E-state index in [9.17, 15) is 4.79 Å². The van der Waals surface area contributed by atoms with Gasteiger partial charge in [-0.3, -0.25) is 9.69 Å². The molecule has 0 radical (unpaired) electrons. The number of benzene rings is 1. The number of rotatable bonds is 6. The lowest BCUT2D eigenvalue weighted by Gasteiger charge is -2.33. The van der Waals surface area contributed by atoms with Gasteiger partial charge in [-0.1, -0.05) is 30.3 Å². The molecule has 25 heavy (non-hydrogen) atoms. The minimum atomic E-state index is 0. The van der Waals surface area contributed by atoms with Crippen molar-refractivity contribution in [2.24, 2.45) is 5.92 Å². The summed E-state index contributed by atoms with van der Waals surface area (Å²) in [6.07, 6.45) is 5.22. The first kappa shape index (κ1) is 22.2. The van der Waals surface area contributed by atoms with E-state index in [-0.39, 0.29) is 30.7 Å². The van der Waals surface area contributed by atoms with Gasteiger partial charge >= 0.3 is 0 Å². The number of amides is 1. The molecule has 2 unspecified atom stereocenters. The highest BCUT2D eigenvalue weighted by molar-refractivity contribution is 5.85. The van der Waals surface area contributed by atoms with Crippen LogP contribution in [0.4, 0.5) is 0 Å². The first-order chi connectivity index (χ1) is 11.3. The number of carbonyl (C=O) groups is 1. The third kappa shape index (κ3) is 7.53. The molecule has 1 aromatic carbocycles. The Labute approximate surface area is 163 Å². The molecule has 0 saturated carbocycles. The van der Waals surface area contributed by atoms with Crippen LogP contribution in [0.3, 0.4) is 0 Å². The van der Waals surface area contributed by atoms with Crippen molar-refractivity contribution in [3.8, 4) is 0 Å². The van der Waals surface area contributed by atoms with E-state index in [2.05, 4.69) is 45.9 Å². The fraction of sp³-hybridized carbons (Fsp3) is 0.632. The second kappa shape index (κ2) is 11.7. The second-order valence-corrected chi connectivity index (χ2v) is 7.02. The number of halogens is 2. The van der Waals surface area contributed by atoms with Gasteiger partial charge in [0.2, 0.25) is 5.91 Å². The zero-order valence-electron chi connectivity index (χ0n) is 14.8. The molecular weight excluding hydrogens is 357 g/mol. The van der Waals surface area contributed by atoms with Crippen molar-refractivity contribution in [2.45, 2.75) is 44.7 Å². The van der Waals surface area contributed by atoms with E-state index >= 15 is 0 Å². The predicted molar refractivity (Wildman–Crippen MR) is 108 cm³/mol. The molecule has 1 amide bonds. The molecule has 1 aromatic rings. The van der Waals surface area contributed by atoms with Gasteiger partial charge in [-0.2, -0.15) is 0 Å². The number of nitrogens with one attached hydrogen (secondary N) is 2. The van der Waals surface area contributed by atoms with E-state index in [0.29, 0.717) is 18.4 Å². The van der Waals surface area contributed by atoms with Gasteiger partial charge in [0.25, 0.3) is 0 Å². The average molecular weight is 388 g/mol. The maximum absolute atomic E-state index is 12.2. The van der Waals surface area contributed by atoms with Crippen LogP contribution < -0.4 is 10.6 Å². The van der Waals surface area contributed by atoms with Gasteiger partial charge in [0.15, 0.2) is 0 Å². The molecule has 0 aromatic heterocycles. The number of carbonyl (C=O) groups excluding carboxylic acids is 1. The Balaban J connectivity index is 0.00000156. The van der Waals surface area contributed by atoms with Gasteiger partial charge in [-0.15, -0.1) is 24.8 Å². The SMILES string of the molecule is Cl.Cl.O=C(CCC1CCNC1)NC1CCCN(Cc2ccccc2)C1. The summed E-state index contributed by atoms with van der Waals surface area (Å²) in [7, 11) is 0. The average Bonchev–Trinajstić information content (AvgIpc) is 3.08. The fourth-order valence-electron chi connectivity index (χ4n) is 3.75. The van der Waals surface area contributed by atoms with Crippen LogP contribution in [0.1, 0.15) is 37.7 Å². The lowest BCUT2D eigenvalue weighted by Crippen LogP contribution is -2.47. The Morgan fingerprint density at radius 1 is 1.20 bits per heavy atom. The summed E-state index contributed by atoms with van der Waals surface area (Å²) in [5.74, 6) is 0.935. The van der Waals surface area contributed by atoms with Crippen molar-refractivity contribution < 1.29 is 4.79 Å². The first-order valence-corrected chi connectivity index (χ1v) is 9.06. The normalized spacial score (nSPS) is 23.4. The van der Waals surface area contributed by atoms with Crippen molar-refractivity contribution in [3.63, 3.8) is 0 Å². The largest absolute Gasteiger partial charge is 0.352 e. The third-order valence-electron chi connectivity index (χ3n) is 5.06. The van der Waals surface area contributed by atoms with Crippen LogP contribution in [0, 0.1) is 5.92 Å². The van der Waals surface area contributed by atoms with Crippen molar-refractivity contribution in [1.29, 1.82) is 0 Å². The molecule has 2 saturated heterocycles. The summed E-state index contributed by atoms with van der Waals surface area (Å²) in [6, 6.07) is 10.9. The fourth-order valence-corrected chi connectivity index (χ4v) is 3.75. The van der Waals surface area contributed by atoms with Gasteiger partial charge in [0.05, 0.1) is 0 Å². The first-order valence-electron chi connectivity index (χ1n) is 9.06. The van der Waals surface area contributed by atoms with Crippen molar-refractivity contribution >= 4 is 30.7 Å². The number of hydrogen-bond donors (Lipinski definition) is 2. The highest BCUT2D eigenvalue weighted by Crippen LogP contribution is 2.16. The number of likely N-dealkylation sites (tertiary alicyclic amines) is 1. The monoisotopic (exact) mass is 387 g/mol. The summed E-state index contributed by atoms with van der Waals surface area (Å²) >= 11 is 0. The van der Waals surface area contributed by atoms with E-state index in [1.807, 2.05) is 0 Å². The minimum Gasteiger partial charge on any atom is -0.352 e. The third-order valence-corrected chi connectivity index (χ3v) is 5.06. The Bertz CT molecular complexity index is 495. The molecule has 6 heteroatoms. The van der Waals surface area contributed by atoms with Crippen molar-refractivity contribution in [1.82, 2.24) is 15.5 Å². The lowest BCUT2D eigenvalue weighted by atomic mass is 10.0. The van der Waals surface area contributed by atoms with Gasteiger partial charge in [0, 0.05) is 25.6 Å². The Morgan fingerprint density at radius 2 is 2.00 bits per heavy atom. The lowest BCUT2D eigenvalue weighted by molar-refractivity contribution is -0.122. The topological polar surface area (TPSA) is 44.4 Å². The van der Waals surface area contributed by atoms with E-state index in [1.165, 1.54) is 18.4 Å². The Kier molecular flexibility index (Phi) is 10.4. The summed E-state index contributed by atoms with van der Waals surface area (Å²) in [6.45, 7) is 5.30. The highest BCUT2D eigenvalue weighted by atomic mass is 35.5. The summed E-state index contributed by atoms with van der Waals surface area (Å²) in [5, 5.41) is 6.63. The molecule has 142 valence electrons. The Morgan fingerprint density at radius 3 is 2.72 bits per heavy atom. The maximum atomic E-state index is 12.2. The predicted octanol–water partition coefficient (Wildman–Crippen LogP) is 3.00. The highest BCUT2D eigenvalue weighted by Gasteiger charge is 2.22. The van der Waals surface area contributed by atoms with Gasteiger partial charge < -0.3 is 10.6 Å². The van der Waals surface area contributed by atoms with E-state index in [1.54, 1.807) is 0 Å². The van der Waals surface area contributed by atoms with Gasteiger partial charge in [-0.25, -0.2) is 0 Å². The molecule has 4 nitrogen and oxygen atoms in total. The van der Waals surface area contributed by atoms with Gasteiger partial charge in [0.1, 0.15) is 0 Å². The van der Waals surface area contributed by atoms with Crippen LogP contribution in [-0.2, 0) is 11.3 Å². The van der Waals surface area contributed by atoms with Crippen LogP contribution in [0.25, 0.3) is 0 Å². The molecule has 2 fully saturated rings. The molecule has 2 aliphatic rings. The zero-order valence-corrected chi connectivity index (χ0v) is 16.4. The van der Waals surface area contributed by atoms with E-state index < -0.39 is 0 Å². The van der Waals surface area contributed by atoms with Crippen LogP contribution in [0.15, 0.2) is 30.3 Å². The zero-order chi connectivity index (χ0) is 15.9. The summed E-state index contributed by atoms with van der Waals surface area (Å²) in [4.78, 5) is 14.6. The van der Waals surface area contributed by atoms with Crippen molar-refractivity contribution in [3.05, 3.63) is 35.9 Å². The van der Waals surface area contributed by atoms with Gasteiger partial charge in [-0.05, 0) is 56.8 Å². The number of piperidine rings is 1.